The molecular formula is C20H28ClNO3. The molecule has 0 aromatic heterocycles. The molecule has 1 N–H and O–H groups in total. The normalized spacial score (nSPS) is 12.5. The number of aromatic hydroxyl groups is 1. The SMILES string of the molecule is CC.CC(C)(C)OC(=O)N1CCc2c1cc(O)c1ccccc21.CCl. The molecular weight excluding hydrogens is 338 g/mol. The summed E-state index contributed by atoms with van der Waals surface area (Å²) in [5, 5.41) is 12.0. The molecule has 0 bridgehead atoms. The maximum Gasteiger partial charge on any atom is 0.414 e. The molecule has 1 amide bonds. The lowest BCUT2D eigenvalue weighted by atomic mass is 10.0. The number of nitrogens with zero attached hydrogens (tertiary/aromatic N) is 1. The minimum atomic E-state index is -0.529. The first-order valence-electron chi connectivity index (χ1n) is 8.49. The van der Waals surface area contributed by atoms with Gasteiger partial charge in [0.05, 0.1) is 5.69 Å². The van der Waals surface area contributed by atoms with Gasteiger partial charge in [0.1, 0.15) is 11.4 Å². The molecule has 0 radical (unpaired) electrons. The number of ether oxygens (including phenoxy) is 1. The summed E-state index contributed by atoms with van der Waals surface area (Å²) in [7, 11) is 0. The van der Waals surface area contributed by atoms with Crippen molar-refractivity contribution in [2.45, 2.75) is 46.6 Å². The van der Waals surface area contributed by atoms with Gasteiger partial charge in [-0.25, -0.2) is 4.79 Å². The van der Waals surface area contributed by atoms with Gasteiger partial charge in [0, 0.05) is 24.4 Å². The third kappa shape index (κ3) is 4.79. The quantitative estimate of drug-likeness (QED) is 0.607. The van der Waals surface area contributed by atoms with Gasteiger partial charge < -0.3 is 9.84 Å². The van der Waals surface area contributed by atoms with Gasteiger partial charge in [-0.3, -0.25) is 4.90 Å². The van der Waals surface area contributed by atoms with Crippen LogP contribution in [0.4, 0.5) is 10.5 Å². The summed E-state index contributed by atoms with van der Waals surface area (Å²) >= 11 is 4.64. The van der Waals surface area contributed by atoms with Gasteiger partial charge in [-0.05, 0) is 38.1 Å². The second-order valence-electron chi connectivity index (χ2n) is 6.32. The number of rotatable bonds is 0. The van der Waals surface area contributed by atoms with Crippen molar-refractivity contribution in [2.24, 2.45) is 0 Å². The van der Waals surface area contributed by atoms with Crippen molar-refractivity contribution in [1.82, 2.24) is 0 Å². The Balaban J connectivity index is 0.000000730. The molecule has 25 heavy (non-hydrogen) atoms. The number of amides is 1. The number of phenolic OH excluding ortho intramolecular Hbond substituents is 1. The molecule has 5 heteroatoms. The largest absolute Gasteiger partial charge is 0.507 e. The fraction of sp³-hybridized carbons (Fsp3) is 0.450. The Hall–Kier alpha value is -1.94. The van der Waals surface area contributed by atoms with E-state index >= 15 is 0 Å². The summed E-state index contributed by atoms with van der Waals surface area (Å²) in [4.78, 5) is 13.9. The highest BCUT2D eigenvalue weighted by atomic mass is 35.5. The van der Waals surface area contributed by atoms with E-state index < -0.39 is 5.60 Å². The van der Waals surface area contributed by atoms with Crippen LogP contribution in [0.15, 0.2) is 30.3 Å². The molecule has 2 aromatic rings. The highest BCUT2D eigenvalue weighted by Gasteiger charge is 2.30. The van der Waals surface area contributed by atoms with E-state index in [2.05, 4.69) is 11.6 Å². The highest BCUT2D eigenvalue weighted by molar-refractivity contribution is 6.15. The van der Waals surface area contributed by atoms with E-state index in [4.69, 9.17) is 4.74 Å². The maximum absolute atomic E-state index is 12.3. The first-order chi connectivity index (χ1) is 11.9. The van der Waals surface area contributed by atoms with Crippen molar-refractivity contribution in [2.75, 3.05) is 17.8 Å². The van der Waals surface area contributed by atoms with Crippen LogP contribution < -0.4 is 4.90 Å². The van der Waals surface area contributed by atoms with Crippen molar-refractivity contribution in [3.05, 3.63) is 35.9 Å². The molecule has 3 rings (SSSR count). The molecule has 0 saturated carbocycles. The predicted molar refractivity (Wildman–Crippen MR) is 106 cm³/mol. The average molecular weight is 366 g/mol. The Bertz CT molecular complexity index is 723. The van der Waals surface area contributed by atoms with Crippen molar-refractivity contribution < 1.29 is 14.6 Å². The zero-order chi connectivity index (χ0) is 19.2. The third-order valence-electron chi connectivity index (χ3n) is 3.60. The molecule has 2 aromatic carbocycles. The second kappa shape index (κ2) is 8.95. The van der Waals surface area contributed by atoms with E-state index in [0.717, 1.165) is 28.4 Å². The Morgan fingerprint density at radius 3 is 2.28 bits per heavy atom. The number of carbonyl (C=O) groups is 1. The molecule has 4 nitrogen and oxygen atoms in total. The maximum atomic E-state index is 12.3. The molecule has 0 saturated heterocycles. The Morgan fingerprint density at radius 1 is 1.16 bits per heavy atom. The lowest BCUT2D eigenvalue weighted by molar-refractivity contribution is 0.0584. The van der Waals surface area contributed by atoms with E-state index in [1.54, 1.807) is 11.0 Å². The first-order valence-corrected chi connectivity index (χ1v) is 9.24. The van der Waals surface area contributed by atoms with E-state index in [1.807, 2.05) is 58.9 Å². The van der Waals surface area contributed by atoms with Crippen molar-refractivity contribution in [3.63, 3.8) is 0 Å². The predicted octanol–water partition coefficient (Wildman–Crippen LogP) is 5.72. The summed E-state index contributed by atoms with van der Waals surface area (Å²) in [6, 6.07) is 9.37. The average Bonchev–Trinajstić information content (AvgIpc) is 3.01. The van der Waals surface area contributed by atoms with Gasteiger partial charge in [-0.15, -0.1) is 11.6 Å². The molecule has 138 valence electrons. The van der Waals surface area contributed by atoms with Gasteiger partial charge >= 0.3 is 6.09 Å². The second-order valence-corrected chi connectivity index (χ2v) is 6.32. The highest BCUT2D eigenvalue weighted by Crippen LogP contribution is 2.39. The topological polar surface area (TPSA) is 49.8 Å². The van der Waals surface area contributed by atoms with Gasteiger partial charge in [-0.2, -0.15) is 0 Å². The number of hydrogen-bond donors (Lipinski definition) is 1. The molecule has 0 fully saturated rings. The molecule has 0 atom stereocenters. The smallest absolute Gasteiger partial charge is 0.414 e. The van der Waals surface area contributed by atoms with E-state index in [1.165, 1.54) is 6.38 Å². The molecule has 1 aliphatic rings. The first kappa shape index (κ1) is 21.1. The standard InChI is InChI=1S/C17H19NO3.C2H6.CH3Cl/c1-17(2,3)21-16(20)18-9-8-12-11-6-4-5-7-13(11)15(19)10-14(12)18;2*1-2/h4-7,10,19H,8-9H2,1-3H3;1-2H3;1H3. The number of hydrogen-bond acceptors (Lipinski definition) is 3. The summed E-state index contributed by atoms with van der Waals surface area (Å²) in [5.41, 5.74) is 1.31. The summed E-state index contributed by atoms with van der Waals surface area (Å²) in [6.07, 6.45) is 1.88. The lowest BCUT2D eigenvalue weighted by Crippen LogP contribution is -2.35. The van der Waals surface area contributed by atoms with Gasteiger partial charge in [0.15, 0.2) is 0 Å². The fourth-order valence-corrected chi connectivity index (χ4v) is 2.76. The van der Waals surface area contributed by atoms with Crippen LogP contribution in [0.3, 0.4) is 0 Å². The van der Waals surface area contributed by atoms with Gasteiger partial charge in [-0.1, -0.05) is 38.1 Å². The zero-order valence-corrected chi connectivity index (χ0v) is 16.6. The van der Waals surface area contributed by atoms with Crippen LogP contribution in [0.1, 0.15) is 40.2 Å². The molecule has 1 aliphatic heterocycles. The van der Waals surface area contributed by atoms with Crippen LogP contribution >= 0.6 is 11.6 Å². The summed E-state index contributed by atoms with van der Waals surface area (Å²) in [6.45, 7) is 10.1. The van der Waals surface area contributed by atoms with Gasteiger partial charge in [0.2, 0.25) is 0 Å². The number of benzene rings is 2. The Kier molecular flexibility index (Phi) is 7.56. The van der Waals surface area contributed by atoms with Crippen molar-refractivity contribution >= 4 is 34.2 Å². The van der Waals surface area contributed by atoms with Crippen molar-refractivity contribution in [3.8, 4) is 5.75 Å². The lowest BCUT2D eigenvalue weighted by Gasteiger charge is -2.25. The van der Waals surface area contributed by atoms with Crippen LogP contribution in [0.25, 0.3) is 10.8 Å². The molecule has 0 aliphatic carbocycles. The number of carbonyl (C=O) groups excluding carboxylic acids is 1. The Labute approximate surface area is 155 Å². The van der Waals surface area contributed by atoms with E-state index in [-0.39, 0.29) is 11.8 Å². The molecule has 0 unspecified atom stereocenters. The van der Waals surface area contributed by atoms with Gasteiger partial charge in [0.25, 0.3) is 0 Å². The van der Waals surface area contributed by atoms with Crippen LogP contribution in [0.2, 0.25) is 0 Å². The van der Waals surface area contributed by atoms with Crippen LogP contribution in [-0.2, 0) is 11.2 Å². The minimum Gasteiger partial charge on any atom is -0.507 e. The third-order valence-corrected chi connectivity index (χ3v) is 3.60. The van der Waals surface area contributed by atoms with E-state index in [0.29, 0.717) is 6.54 Å². The monoisotopic (exact) mass is 365 g/mol. The summed E-state index contributed by atoms with van der Waals surface area (Å²) < 4.78 is 5.44. The number of alkyl halides is 1. The number of anilines is 1. The number of phenols is 1. The van der Waals surface area contributed by atoms with Crippen LogP contribution in [0.5, 0.6) is 5.75 Å². The zero-order valence-electron chi connectivity index (χ0n) is 15.9. The number of fused-ring (bicyclic) bond motifs is 3. The Morgan fingerprint density at radius 2 is 1.72 bits per heavy atom. The minimum absolute atomic E-state index is 0.194. The van der Waals surface area contributed by atoms with Crippen molar-refractivity contribution in [1.29, 1.82) is 0 Å². The fourth-order valence-electron chi connectivity index (χ4n) is 2.76. The van der Waals surface area contributed by atoms with E-state index in [9.17, 15) is 9.90 Å². The summed E-state index contributed by atoms with van der Waals surface area (Å²) in [5.74, 6) is 0.194. The van der Waals surface area contributed by atoms with Crippen LogP contribution in [0, 0.1) is 0 Å². The molecule has 0 spiro atoms. The molecule has 1 heterocycles. The van der Waals surface area contributed by atoms with Crippen LogP contribution in [-0.4, -0.2) is 29.7 Å². The number of halogens is 1.